The van der Waals surface area contributed by atoms with Crippen LogP contribution in [0.1, 0.15) is 19.2 Å². The van der Waals surface area contributed by atoms with Crippen LogP contribution in [0.25, 0.3) is 10.7 Å². The zero-order chi connectivity index (χ0) is 12.5. The molecule has 0 N–H and O–H groups in total. The van der Waals surface area contributed by atoms with Gasteiger partial charge in [0.15, 0.2) is 0 Å². The van der Waals surface area contributed by atoms with Crippen LogP contribution in [0.15, 0.2) is 20.4 Å². The van der Waals surface area contributed by atoms with Crippen LogP contribution in [0.3, 0.4) is 0 Å². The van der Waals surface area contributed by atoms with Crippen LogP contribution in [0.5, 0.6) is 0 Å². The molecule has 0 spiro atoms. The molecule has 2 aromatic heterocycles. The molecular formula is C12H14BrN3OS. The van der Waals surface area contributed by atoms with E-state index in [0.29, 0.717) is 11.7 Å². The first kappa shape index (κ1) is 12.3. The molecule has 3 rings (SSSR count). The van der Waals surface area contributed by atoms with Crippen LogP contribution in [-0.2, 0) is 6.54 Å². The molecule has 0 aliphatic carbocycles. The summed E-state index contributed by atoms with van der Waals surface area (Å²) in [6.45, 7) is 5.30. The molecule has 1 saturated heterocycles. The second kappa shape index (κ2) is 5.11. The number of thiophene rings is 1. The fourth-order valence-corrected chi connectivity index (χ4v) is 3.53. The van der Waals surface area contributed by atoms with E-state index in [0.717, 1.165) is 34.2 Å². The van der Waals surface area contributed by atoms with Gasteiger partial charge in [-0.25, -0.2) is 0 Å². The SMILES string of the molecule is CC1CCN(Cc2nc(-c3ccc(Br)s3)no2)C1. The molecule has 4 nitrogen and oxygen atoms in total. The number of likely N-dealkylation sites (tertiary alicyclic amines) is 1. The van der Waals surface area contributed by atoms with Crippen molar-refractivity contribution in [2.24, 2.45) is 5.92 Å². The first-order valence-corrected chi connectivity index (χ1v) is 7.62. The standard InChI is InChI=1S/C12H14BrN3OS/c1-8-4-5-16(6-8)7-11-14-12(15-17-11)9-2-3-10(13)18-9/h2-3,8H,4-7H2,1H3. The van der Waals surface area contributed by atoms with Gasteiger partial charge in [-0.05, 0) is 46.9 Å². The Bertz CT molecular complexity index is 539. The first-order valence-electron chi connectivity index (χ1n) is 6.01. The maximum absolute atomic E-state index is 5.31. The Kier molecular flexibility index (Phi) is 3.50. The molecule has 0 aromatic carbocycles. The molecule has 1 aliphatic heterocycles. The molecule has 2 aromatic rings. The number of hydrogen-bond acceptors (Lipinski definition) is 5. The van der Waals surface area contributed by atoms with Crippen molar-refractivity contribution in [3.8, 4) is 10.7 Å². The summed E-state index contributed by atoms with van der Waals surface area (Å²) >= 11 is 5.05. The van der Waals surface area contributed by atoms with Crippen molar-refractivity contribution in [2.75, 3.05) is 13.1 Å². The molecule has 3 heterocycles. The van der Waals surface area contributed by atoms with Crippen molar-refractivity contribution in [3.63, 3.8) is 0 Å². The number of hydrogen-bond donors (Lipinski definition) is 0. The van der Waals surface area contributed by atoms with Crippen molar-refractivity contribution in [3.05, 3.63) is 21.8 Å². The molecule has 1 unspecified atom stereocenters. The molecule has 0 saturated carbocycles. The second-order valence-corrected chi connectivity index (χ2v) is 7.21. The second-order valence-electron chi connectivity index (χ2n) is 4.74. The van der Waals surface area contributed by atoms with E-state index in [1.165, 1.54) is 6.42 Å². The highest BCUT2D eigenvalue weighted by molar-refractivity contribution is 9.11. The van der Waals surface area contributed by atoms with E-state index in [2.05, 4.69) is 37.9 Å². The van der Waals surface area contributed by atoms with Gasteiger partial charge in [0, 0.05) is 6.54 Å². The van der Waals surface area contributed by atoms with Crippen LogP contribution in [0.2, 0.25) is 0 Å². The van der Waals surface area contributed by atoms with E-state index >= 15 is 0 Å². The lowest BCUT2D eigenvalue weighted by Gasteiger charge is -2.11. The average Bonchev–Trinajstić information content (AvgIpc) is 3.01. The summed E-state index contributed by atoms with van der Waals surface area (Å²) in [4.78, 5) is 7.85. The summed E-state index contributed by atoms with van der Waals surface area (Å²) in [6, 6.07) is 4.00. The van der Waals surface area contributed by atoms with Gasteiger partial charge in [0.25, 0.3) is 0 Å². The van der Waals surface area contributed by atoms with E-state index in [4.69, 9.17) is 4.52 Å². The number of aromatic nitrogens is 2. The monoisotopic (exact) mass is 327 g/mol. The summed E-state index contributed by atoms with van der Waals surface area (Å²) in [5.74, 6) is 2.18. The average molecular weight is 328 g/mol. The molecule has 1 fully saturated rings. The normalized spacial score (nSPS) is 20.7. The van der Waals surface area contributed by atoms with Gasteiger partial charge in [0.1, 0.15) is 0 Å². The van der Waals surface area contributed by atoms with Crippen molar-refractivity contribution in [2.45, 2.75) is 19.9 Å². The van der Waals surface area contributed by atoms with Crippen molar-refractivity contribution in [1.82, 2.24) is 15.0 Å². The van der Waals surface area contributed by atoms with Crippen LogP contribution in [0, 0.1) is 5.92 Å². The predicted molar refractivity (Wildman–Crippen MR) is 74.4 cm³/mol. The molecule has 96 valence electrons. The topological polar surface area (TPSA) is 42.2 Å². The highest BCUT2D eigenvalue weighted by Crippen LogP contribution is 2.29. The molecule has 0 bridgehead atoms. The Hall–Kier alpha value is -0.720. The maximum Gasteiger partial charge on any atom is 0.241 e. The maximum atomic E-state index is 5.31. The van der Waals surface area contributed by atoms with Gasteiger partial charge in [-0.3, -0.25) is 4.90 Å². The fraction of sp³-hybridized carbons (Fsp3) is 0.500. The molecule has 6 heteroatoms. The summed E-state index contributed by atoms with van der Waals surface area (Å²) in [5.41, 5.74) is 0. The number of halogens is 1. The quantitative estimate of drug-likeness (QED) is 0.866. The van der Waals surface area contributed by atoms with Gasteiger partial charge >= 0.3 is 0 Å². The third kappa shape index (κ3) is 2.65. The molecule has 1 atom stereocenters. The minimum absolute atomic E-state index is 0.688. The summed E-state index contributed by atoms with van der Waals surface area (Å²) in [6.07, 6.45) is 1.26. The van der Waals surface area contributed by atoms with E-state index in [9.17, 15) is 0 Å². The van der Waals surface area contributed by atoms with Gasteiger partial charge in [-0.15, -0.1) is 11.3 Å². The largest absolute Gasteiger partial charge is 0.338 e. The van der Waals surface area contributed by atoms with Gasteiger partial charge in [-0.1, -0.05) is 12.1 Å². The van der Waals surface area contributed by atoms with Crippen LogP contribution >= 0.6 is 27.3 Å². The third-order valence-corrected chi connectivity index (χ3v) is 4.75. The lowest BCUT2D eigenvalue weighted by Crippen LogP contribution is -2.19. The van der Waals surface area contributed by atoms with Crippen LogP contribution in [-0.4, -0.2) is 28.1 Å². The zero-order valence-corrected chi connectivity index (χ0v) is 12.5. The molecule has 0 radical (unpaired) electrons. The summed E-state index contributed by atoms with van der Waals surface area (Å²) in [7, 11) is 0. The Morgan fingerprint density at radius 2 is 2.44 bits per heavy atom. The highest BCUT2D eigenvalue weighted by Gasteiger charge is 2.21. The minimum Gasteiger partial charge on any atom is -0.338 e. The van der Waals surface area contributed by atoms with Crippen molar-refractivity contribution < 1.29 is 4.52 Å². The van der Waals surface area contributed by atoms with Gasteiger partial charge in [0.05, 0.1) is 15.2 Å². The number of rotatable bonds is 3. The number of nitrogens with zero attached hydrogens (tertiary/aromatic N) is 3. The van der Waals surface area contributed by atoms with Crippen molar-refractivity contribution in [1.29, 1.82) is 0 Å². The lowest BCUT2D eigenvalue weighted by molar-refractivity contribution is 0.262. The minimum atomic E-state index is 0.688. The highest BCUT2D eigenvalue weighted by atomic mass is 79.9. The molecular weight excluding hydrogens is 314 g/mol. The van der Waals surface area contributed by atoms with Crippen LogP contribution in [0.4, 0.5) is 0 Å². The third-order valence-electron chi connectivity index (χ3n) is 3.13. The first-order chi connectivity index (χ1) is 8.70. The van der Waals surface area contributed by atoms with E-state index in [1.807, 2.05) is 12.1 Å². The van der Waals surface area contributed by atoms with Gasteiger partial charge in [-0.2, -0.15) is 4.98 Å². The fourth-order valence-electron chi connectivity index (χ4n) is 2.21. The zero-order valence-electron chi connectivity index (χ0n) is 10.1. The van der Waals surface area contributed by atoms with Crippen molar-refractivity contribution >= 4 is 27.3 Å². The van der Waals surface area contributed by atoms with E-state index in [-0.39, 0.29) is 0 Å². The Morgan fingerprint density at radius 1 is 1.56 bits per heavy atom. The predicted octanol–water partition coefficient (Wildman–Crippen LogP) is 3.40. The molecule has 18 heavy (non-hydrogen) atoms. The lowest BCUT2D eigenvalue weighted by atomic mass is 10.2. The van der Waals surface area contributed by atoms with Gasteiger partial charge < -0.3 is 4.52 Å². The van der Waals surface area contributed by atoms with E-state index in [1.54, 1.807) is 11.3 Å². The summed E-state index contributed by atoms with van der Waals surface area (Å²) < 4.78 is 6.39. The van der Waals surface area contributed by atoms with Crippen LogP contribution < -0.4 is 0 Å². The molecule has 1 aliphatic rings. The Morgan fingerprint density at radius 3 is 3.11 bits per heavy atom. The van der Waals surface area contributed by atoms with E-state index < -0.39 is 0 Å². The Balaban J connectivity index is 1.70. The Labute approximate surface area is 118 Å². The smallest absolute Gasteiger partial charge is 0.241 e. The molecule has 0 amide bonds. The summed E-state index contributed by atoms with van der Waals surface area (Å²) in [5, 5.41) is 4.04. The van der Waals surface area contributed by atoms with Gasteiger partial charge in [0.2, 0.25) is 11.7 Å².